The van der Waals surface area contributed by atoms with Gasteiger partial charge in [0.2, 0.25) is 0 Å². The Morgan fingerprint density at radius 1 is 1.46 bits per heavy atom. The van der Waals surface area contributed by atoms with Gasteiger partial charge in [0.25, 0.3) is 0 Å². The topological polar surface area (TPSA) is 17.1 Å². The number of hydrogen-bond acceptors (Lipinski definition) is 1. The summed E-state index contributed by atoms with van der Waals surface area (Å²) in [4.78, 5) is 11.0. The van der Waals surface area contributed by atoms with E-state index in [0.29, 0.717) is 5.56 Å². The van der Waals surface area contributed by atoms with Gasteiger partial charge >= 0.3 is 0 Å². The Labute approximate surface area is 76.6 Å². The summed E-state index contributed by atoms with van der Waals surface area (Å²) in [5.74, 6) is 0.195. The van der Waals surface area contributed by atoms with Crippen molar-refractivity contribution >= 4 is 5.78 Å². The van der Waals surface area contributed by atoms with E-state index in [-0.39, 0.29) is 23.4 Å². The summed E-state index contributed by atoms with van der Waals surface area (Å²) < 4.78 is 13.2. The molecule has 1 saturated carbocycles. The number of hydrogen-bond donors (Lipinski definition) is 0. The Bertz CT molecular complexity index is 346. The smallest absolute Gasteiger partial charge is 0.133 e. The number of halogens is 1. The van der Waals surface area contributed by atoms with Crippen LogP contribution in [0.1, 0.15) is 24.8 Å². The first-order valence-corrected chi connectivity index (χ1v) is 4.45. The van der Waals surface area contributed by atoms with E-state index in [1.54, 1.807) is 19.1 Å². The highest BCUT2D eigenvalue weighted by Gasteiger charge is 2.42. The van der Waals surface area contributed by atoms with Gasteiger partial charge in [0.1, 0.15) is 11.6 Å². The molecule has 0 unspecified atom stereocenters. The fourth-order valence-corrected chi connectivity index (χ4v) is 1.76. The van der Waals surface area contributed by atoms with Crippen molar-refractivity contribution in [1.82, 2.24) is 0 Å². The molecule has 2 heteroatoms. The van der Waals surface area contributed by atoms with Crippen molar-refractivity contribution in [2.24, 2.45) is 5.92 Å². The largest absolute Gasteiger partial charge is 0.300 e. The van der Waals surface area contributed by atoms with Gasteiger partial charge in [0.05, 0.1) is 0 Å². The molecule has 0 amide bonds. The van der Waals surface area contributed by atoms with Gasteiger partial charge in [-0.1, -0.05) is 18.2 Å². The zero-order valence-corrected chi connectivity index (χ0v) is 7.46. The number of benzene rings is 1. The van der Waals surface area contributed by atoms with Crippen LogP contribution in [0.2, 0.25) is 0 Å². The van der Waals surface area contributed by atoms with Crippen molar-refractivity contribution < 1.29 is 9.18 Å². The standard InChI is InChI=1S/C11H11FO/c1-7(13)9-6-10(9)8-4-2-3-5-11(8)12/h2-5,9-10H,6H2,1H3/t9-,10+/m0/s1. The summed E-state index contributed by atoms with van der Waals surface area (Å²) in [6.45, 7) is 1.57. The monoisotopic (exact) mass is 178 g/mol. The van der Waals surface area contributed by atoms with Crippen LogP contribution in [0.25, 0.3) is 0 Å². The summed E-state index contributed by atoms with van der Waals surface area (Å²) in [6.07, 6.45) is 0.816. The molecule has 1 aliphatic carbocycles. The molecule has 0 spiro atoms. The fourth-order valence-electron chi connectivity index (χ4n) is 1.76. The third-order valence-corrected chi connectivity index (χ3v) is 2.62. The number of carbonyl (C=O) groups excluding carboxylic acids is 1. The Morgan fingerprint density at radius 3 is 2.69 bits per heavy atom. The van der Waals surface area contributed by atoms with Crippen molar-refractivity contribution in [2.75, 3.05) is 0 Å². The van der Waals surface area contributed by atoms with Crippen LogP contribution in [0.15, 0.2) is 24.3 Å². The highest BCUT2D eigenvalue weighted by atomic mass is 19.1. The van der Waals surface area contributed by atoms with Crippen molar-refractivity contribution in [3.05, 3.63) is 35.6 Å². The van der Waals surface area contributed by atoms with Crippen molar-refractivity contribution in [3.8, 4) is 0 Å². The maximum atomic E-state index is 13.2. The number of Topliss-reactive ketones (excluding diaryl/α,β-unsaturated/α-hetero) is 1. The molecule has 2 rings (SSSR count). The van der Waals surface area contributed by atoms with Crippen LogP contribution in [0, 0.1) is 11.7 Å². The van der Waals surface area contributed by atoms with E-state index in [1.807, 2.05) is 6.07 Å². The molecular weight excluding hydrogens is 167 g/mol. The Balaban J connectivity index is 2.21. The van der Waals surface area contributed by atoms with Crippen LogP contribution in [-0.4, -0.2) is 5.78 Å². The number of carbonyl (C=O) groups is 1. The van der Waals surface area contributed by atoms with Crippen LogP contribution >= 0.6 is 0 Å². The second-order valence-electron chi connectivity index (χ2n) is 3.58. The Kier molecular flexibility index (Phi) is 1.91. The van der Waals surface area contributed by atoms with E-state index in [9.17, 15) is 9.18 Å². The maximum absolute atomic E-state index is 13.2. The molecule has 1 aromatic rings. The summed E-state index contributed by atoms with van der Waals surface area (Å²) in [5, 5.41) is 0. The minimum absolute atomic E-state index is 0.0666. The maximum Gasteiger partial charge on any atom is 0.133 e. The van der Waals surface area contributed by atoms with Gasteiger partial charge in [-0.05, 0) is 30.9 Å². The van der Waals surface area contributed by atoms with Crippen LogP contribution in [0.5, 0.6) is 0 Å². The normalized spacial score (nSPS) is 25.7. The van der Waals surface area contributed by atoms with Crippen molar-refractivity contribution in [3.63, 3.8) is 0 Å². The van der Waals surface area contributed by atoms with E-state index in [1.165, 1.54) is 6.07 Å². The summed E-state index contributed by atoms with van der Waals surface area (Å²) in [6, 6.07) is 6.70. The van der Waals surface area contributed by atoms with Gasteiger partial charge < -0.3 is 0 Å². The number of ketones is 1. The minimum Gasteiger partial charge on any atom is -0.300 e. The van der Waals surface area contributed by atoms with Crippen LogP contribution in [0.4, 0.5) is 4.39 Å². The Morgan fingerprint density at radius 2 is 2.15 bits per heavy atom. The molecule has 0 bridgehead atoms. The lowest BCUT2D eigenvalue weighted by Gasteiger charge is -1.99. The zero-order chi connectivity index (χ0) is 9.42. The lowest BCUT2D eigenvalue weighted by Crippen LogP contribution is -1.96. The molecule has 0 aliphatic heterocycles. The van der Waals surface area contributed by atoms with Gasteiger partial charge in [0.15, 0.2) is 0 Å². The van der Waals surface area contributed by atoms with Gasteiger partial charge in [-0.2, -0.15) is 0 Å². The first-order chi connectivity index (χ1) is 6.20. The lowest BCUT2D eigenvalue weighted by atomic mass is 10.1. The van der Waals surface area contributed by atoms with E-state index in [2.05, 4.69) is 0 Å². The second-order valence-corrected chi connectivity index (χ2v) is 3.58. The first kappa shape index (κ1) is 8.42. The van der Waals surface area contributed by atoms with Gasteiger partial charge in [-0.3, -0.25) is 4.79 Å². The molecule has 0 saturated heterocycles. The van der Waals surface area contributed by atoms with Crippen LogP contribution in [0.3, 0.4) is 0 Å². The quantitative estimate of drug-likeness (QED) is 0.680. The molecular formula is C11H11FO. The van der Waals surface area contributed by atoms with Gasteiger partial charge in [0, 0.05) is 5.92 Å². The molecule has 0 N–H and O–H groups in total. The molecule has 0 radical (unpaired) electrons. The summed E-state index contributed by atoms with van der Waals surface area (Å²) >= 11 is 0. The molecule has 68 valence electrons. The predicted octanol–water partition coefficient (Wildman–Crippen LogP) is 2.52. The van der Waals surface area contributed by atoms with E-state index >= 15 is 0 Å². The third-order valence-electron chi connectivity index (χ3n) is 2.62. The lowest BCUT2D eigenvalue weighted by molar-refractivity contribution is -0.118. The van der Waals surface area contributed by atoms with E-state index in [4.69, 9.17) is 0 Å². The second kappa shape index (κ2) is 2.95. The predicted molar refractivity (Wildman–Crippen MR) is 47.9 cm³/mol. The highest BCUT2D eigenvalue weighted by molar-refractivity contribution is 5.82. The summed E-state index contributed by atoms with van der Waals surface area (Å²) in [5.41, 5.74) is 0.697. The minimum atomic E-state index is -0.184. The zero-order valence-electron chi connectivity index (χ0n) is 7.46. The molecule has 1 aliphatic rings. The van der Waals surface area contributed by atoms with E-state index in [0.717, 1.165) is 6.42 Å². The third kappa shape index (κ3) is 1.48. The van der Waals surface area contributed by atoms with Crippen molar-refractivity contribution in [2.45, 2.75) is 19.3 Å². The van der Waals surface area contributed by atoms with Gasteiger partial charge in [-0.15, -0.1) is 0 Å². The first-order valence-electron chi connectivity index (χ1n) is 4.45. The van der Waals surface area contributed by atoms with Crippen LogP contribution in [-0.2, 0) is 4.79 Å². The highest BCUT2D eigenvalue weighted by Crippen LogP contribution is 2.48. The molecule has 13 heavy (non-hydrogen) atoms. The van der Waals surface area contributed by atoms with Crippen molar-refractivity contribution in [1.29, 1.82) is 0 Å². The molecule has 0 heterocycles. The molecule has 1 nitrogen and oxygen atoms in total. The fraction of sp³-hybridized carbons (Fsp3) is 0.364. The average Bonchev–Trinajstić information content (AvgIpc) is 2.84. The SMILES string of the molecule is CC(=O)[C@@H]1C[C@@H]1c1ccccc1F. The van der Waals surface area contributed by atoms with Gasteiger partial charge in [-0.25, -0.2) is 4.39 Å². The molecule has 1 fully saturated rings. The Hall–Kier alpha value is -1.18. The molecule has 1 aromatic carbocycles. The number of rotatable bonds is 2. The average molecular weight is 178 g/mol. The molecule has 2 atom stereocenters. The summed E-state index contributed by atoms with van der Waals surface area (Å²) in [7, 11) is 0. The molecule has 0 aromatic heterocycles. The van der Waals surface area contributed by atoms with E-state index < -0.39 is 0 Å². The van der Waals surface area contributed by atoms with Crippen LogP contribution < -0.4 is 0 Å².